The van der Waals surface area contributed by atoms with Gasteiger partial charge in [-0.05, 0) is 85.5 Å². The van der Waals surface area contributed by atoms with E-state index in [1.165, 1.54) is 56.2 Å². The van der Waals surface area contributed by atoms with Gasteiger partial charge in [0.1, 0.15) is 11.5 Å². The molecule has 0 amide bonds. The number of benzene rings is 5. The molecule has 2 heterocycles. The van der Waals surface area contributed by atoms with Crippen molar-refractivity contribution in [3.05, 3.63) is 143 Å². The Morgan fingerprint density at radius 3 is 2.10 bits per heavy atom. The van der Waals surface area contributed by atoms with Crippen LogP contribution in [0.2, 0.25) is 0 Å². The number of rotatable bonds is 14. The molecule has 0 fully saturated rings. The topological polar surface area (TPSA) is 50.8 Å². The van der Waals surface area contributed by atoms with Crippen molar-refractivity contribution in [2.75, 3.05) is 16.8 Å². The van der Waals surface area contributed by atoms with Crippen molar-refractivity contribution in [1.82, 2.24) is 0 Å². The van der Waals surface area contributed by atoms with Crippen LogP contribution in [-0.4, -0.2) is 12.5 Å². The Balaban J connectivity index is 1.27. The fraction of sp³-hybridized carbons (Fsp3) is 0.311. The maximum atomic E-state index is 13.6. The number of anilines is 4. The zero-order valence-corrected chi connectivity index (χ0v) is 29.6. The SMILES string of the molecule is CCCCCCCCCCN(c1ccc(CC)cc1)c1ccc2c(c1)Oc1cc(C)c(Nc3ccccc3)cc1C21OC(=O)c2ccccc21. The van der Waals surface area contributed by atoms with Crippen molar-refractivity contribution in [2.24, 2.45) is 0 Å². The summed E-state index contributed by atoms with van der Waals surface area (Å²) in [5.41, 5.74) is 8.43. The molecular formula is C45H48N2O3. The highest BCUT2D eigenvalue weighted by Crippen LogP contribution is 2.57. The van der Waals surface area contributed by atoms with E-state index in [4.69, 9.17) is 9.47 Å². The Morgan fingerprint density at radius 2 is 1.34 bits per heavy atom. The van der Waals surface area contributed by atoms with Crippen molar-refractivity contribution in [3.63, 3.8) is 0 Å². The number of hydrogen-bond acceptors (Lipinski definition) is 5. The van der Waals surface area contributed by atoms with E-state index in [-0.39, 0.29) is 5.97 Å². The smallest absolute Gasteiger partial charge is 0.340 e. The van der Waals surface area contributed by atoms with Crippen LogP contribution in [-0.2, 0) is 16.8 Å². The molecule has 2 aliphatic heterocycles. The molecule has 0 radical (unpaired) electrons. The van der Waals surface area contributed by atoms with E-state index in [0.29, 0.717) is 17.1 Å². The molecule has 1 unspecified atom stereocenters. The lowest BCUT2D eigenvalue weighted by Crippen LogP contribution is -2.33. The van der Waals surface area contributed by atoms with Gasteiger partial charge in [0, 0.05) is 52.1 Å². The third-order valence-electron chi connectivity index (χ3n) is 10.3. The minimum atomic E-state index is -1.14. The van der Waals surface area contributed by atoms with Gasteiger partial charge in [0.15, 0.2) is 5.60 Å². The van der Waals surface area contributed by atoms with E-state index in [1.807, 2.05) is 54.6 Å². The normalized spacial score (nSPS) is 15.5. The molecule has 0 aromatic heterocycles. The fourth-order valence-electron chi connectivity index (χ4n) is 7.51. The highest BCUT2D eigenvalue weighted by molar-refractivity contribution is 5.97. The zero-order chi connectivity index (χ0) is 34.5. The van der Waals surface area contributed by atoms with Crippen molar-refractivity contribution in [3.8, 4) is 11.5 Å². The average Bonchev–Trinajstić information content (AvgIpc) is 3.44. The molecule has 0 aliphatic carbocycles. The van der Waals surface area contributed by atoms with Crippen molar-refractivity contribution in [2.45, 2.75) is 84.2 Å². The predicted molar refractivity (Wildman–Crippen MR) is 205 cm³/mol. The minimum absolute atomic E-state index is 0.325. The van der Waals surface area contributed by atoms with Gasteiger partial charge in [0.2, 0.25) is 0 Å². The molecule has 0 saturated heterocycles. The summed E-state index contributed by atoms with van der Waals surface area (Å²) in [5.74, 6) is 1.07. The van der Waals surface area contributed by atoms with Crippen LogP contribution in [0.4, 0.5) is 22.7 Å². The zero-order valence-electron chi connectivity index (χ0n) is 29.6. The van der Waals surface area contributed by atoms with Crippen LogP contribution in [0, 0.1) is 6.92 Å². The van der Waals surface area contributed by atoms with Crippen LogP contribution in [0.1, 0.15) is 103 Å². The number of nitrogens with one attached hydrogen (secondary N) is 1. The summed E-state index contributed by atoms with van der Waals surface area (Å²) in [6, 6.07) is 37.4. The minimum Gasteiger partial charge on any atom is -0.456 e. The Bertz CT molecular complexity index is 1950. The van der Waals surface area contributed by atoms with Gasteiger partial charge < -0.3 is 19.7 Å². The summed E-state index contributed by atoms with van der Waals surface area (Å²) in [5, 5.41) is 3.58. The summed E-state index contributed by atoms with van der Waals surface area (Å²) < 4.78 is 13.3. The Morgan fingerprint density at radius 1 is 0.660 bits per heavy atom. The highest BCUT2D eigenvalue weighted by Gasteiger charge is 2.53. The number of carbonyl (C=O) groups is 1. The summed E-state index contributed by atoms with van der Waals surface area (Å²) in [4.78, 5) is 16.0. The fourth-order valence-corrected chi connectivity index (χ4v) is 7.51. The van der Waals surface area contributed by atoms with Gasteiger partial charge in [0.05, 0.1) is 5.56 Å². The molecule has 256 valence electrons. The molecule has 2 aliphatic rings. The molecule has 5 aromatic carbocycles. The van der Waals surface area contributed by atoms with E-state index in [0.717, 1.165) is 58.7 Å². The van der Waals surface area contributed by atoms with E-state index < -0.39 is 5.60 Å². The third-order valence-corrected chi connectivity index (χ3v) is 10.3. The van der Waals surface area contributed by atoms with Crippen LogP contribution in [0.15, 0.2) is 109 Å². The molecule has 7 rings (SSSR count). The average molecular weight is 665 g/mol. The molecule has 0 bridgehead atoms. The molecule has 1 atom stereocenters. The number of para-hydroxylation sites is 1. The van der Waals surface area contributed by atoms with Gasteiger partial charge in [-0.1, -0.05) is 107 Å². The molecule has 5 aromatic rings. The summed E-state index contributed by atoms with van der Waals surface area (Å²) >= 11 is 0. The predicted octanol–water partition coefficient (Wildman–Crippen LogP) is 12.1. The maximum Gasteiger partial charge on any atom is 0.340 e. The van der Waals surface area contributed by atoms with Crippen LogP contribution < -0.4 is 15.0 Å². The Kier molecular flexibility index (Phi) is 9.93. The number of nitrogens with zero attached hydrogens (tertiary/aromatic N) is 1. The van der Waals surface area contributed by atoms with E-state index in [1.54, 1.807) is 0 Å². The Labute approximate surface area is 297 Å². The Hall–Kier alpha value is -5.03. The number of unbranched alkanes of at least 4 members (excludes halogenated alkanes) is 7. The first-order valence-electron chi connectivity index (χ1n) is 18.5. The summed E-state index contributed by atoms with van der Waals surface area (Å²) in [7, 11) is 0. The number of carbonyl (C=O) groups excluding carboxylic acids is 1. The summed E-state index contributed by atoms with van der Waals surface area (Å²) in [6.45, 7) is 7.45. The van der Waals surface area contributed by atoms with Gasteiger partial charge in [-0.2, -0.15) is 0 Å². The second kappa shape index (κ2) is 14.8. The van der Waals surface area contributed by atoms with Gasteiger partial charge in [0.25, 0.3) is 0 Å². The first-order chi connectivity index (χ1) is 24.5. The highest BCUT2D eigenvalue weighted by atomic mass is 16.6. The first kappa shape index (κ1) is 33.5. The second-order valence-electron chi connectivity index (χ2n) is 13.7. The molecule has 50 heavy (non-hydrogen) atoms. The maximum absolute atomic E-state index is 13.6. The van der Waals surface area contributed by atoms with Crippen LogP contribution in [0.5, 0.6) is 11.5 Å². The monoisotopic (exact) mass is 664 g/mol. The largest absolute Gasteiger partial charge is 0.456 e. The standard InChI is InChI=1S/C45H48N2O3/c1-4-6-7-8-9-10-11-17-28-47(35-24-22-33(5-2)23-25-35)36-26-27-39-43(30-36)49-42-29-32(3)41(46-34-18-13-12-14-19-34)31-40(42)45(39)38-21-16-15-20-37(38)44(48)50-45/h12-16,18-27,29-31,46H,4-11,17,28H2,1-3H3. The molecule has 5 nitrogen and oxygen atoms in total. The second-order valence-corrected chi connectivity index (χ2v) is 13.7. The van der Waals surface area contributed by atoms with Crippen LogP contribution in [0.25, 0.3) is 0 Å². The number of hydrogen-bond donors (Lipinski definition) is 1. The van der Waals surface area contributed by atoms with Crippen LogP contribution in [0.3, 0.4) is 0 Å². The van der Waals surface area contributed by atoms with E-state index in [2.05, 4.69) is 85.6 Å². The van der Waals surface area contributed by atoms with Gasteiger partial charge in [-0.3, -0.25) is 0 Å². The molecule has 1 N–H and O–H groups in total. The molecule has 5 heteroatoms. The number of fused-ring (bicyclic) bond motifs is 6. The lowest BCUT2D eigenvalue weighted by Gasteiger charge is -2.38. The van der Waals surface area contributed by atoms with Gasteiger partial charge in [-0.15, -0.1) is 0 Å². The van der Waals surface area contributed by atoms with Crippen molar-refractivity contribution < 1.29 is 14.3 Å². The van der Waals surface area contributed by atoms with Crippen molar-refractivity contribution in [1.29, 1.82) is 0 Å². The first-order valence-corrected chi connectivity index (χ1v) is 18.5. The molecule has 0 saturated carbocycles. The van der Waals surface area contributed by atoms with Gasteiger partial charge in [-0.25, -0.2) is 4.79 Å². The van der Waals surface area contributed by atoms with Crippen LogP contribution >= 0.6 is 0 Å². The molecular weight excluding hydrogens is 617 g/mol. The lowest BCUT2D eigenvalue weighted by molar-refractivity contribution is 0.0224. The van der Waals surface area contributed by atoms with E-state index in [9.17, 15) is 4.79 Å². The third kappa shape index (κ3) is 6.49. The number of esters is 1. The number of aryl methyl sites for hydroxylation is 2. The molecule has 1 spiro atoms. The van der Waals surface area contributed by atoms with Crippen molar-refractivity contribution >= 4 is 28.7 Å². The lowest BCUT2D eigenvalue weighted by atomic mass is 9.77. The van der Waals surface area contributed by atoms with E-state index >= 15 is 0 Å². The summed E-state index contributed by atoms with van der Waals surface area (Å²) in [6.07, 6.45) is 11.2. The quantitative estimate of drug-likeness (QED) is 0.0946. The van der Waals surface area contributed by atoms with Gasteiger partial charge >= 0.3 is 5.97 Å². The number of ether oxygens (including phenoxy) is 2.